The largest absolute Gasteiger partial charge is 0.457 e. The smallest absolute Gasteiger partial charge is 0.137 e. The van der Waals surface area contributed by atoms with E-state index in [2.05, 4.69) is 238 Å². The highest BCUT2D eigenvalue weighted by Gasteiger charge is 2.38. The van der Waals surface area contributed by atoms with Gasteiger partial charge < -0.3 is 14.5 Å². The summed E-state index contributed by atoms with van der Waals surface area (Å²) in [4.78, 5) is 9.65. The van der Waals surface area contributed by atoms with Crippen LogP contribution in [0.1, 0.15) is 135 Å². The van der Waals surface area contributed by atoms with Crippen LogP contribution in [0.2, 0.25) is 0 Å². The molecular weight excluding hydrogens is 889 g/mol. The number of fused-ring (bicyclic) bond motifs is 5. The van der Waals surface area contributed by atoms with E-state index in [-0.39, 0.29) is 28.3 Å². The molecule has 0 amide bonds. The third kappa shape index (κ3) is 8.59. The van der Waals surface area contributed by atoms with Crippen LogP contribution in [0.5, 0.6) is 11.5 Å². The molecule has 0 N–H and O–H groups in total. The monoisotopic (exact) mass is 964 g/mol. The molecule has 0 saturated carbocycles. The number of nitrogens with zero attached hydrogens (tertiary/aromatic N) is 4. The normalized spacial score (nSPS) is 16.0. The number of benzene rings is 7. The maximum Gasteiger partial charge on any atom is 0.137 e. The second-order valence-corrected chi connectivity index (χ2v) is 25.0. The average molecular weight is 964 g/mol. The molecule has 73 heavy (non-hydrogen) atoms. The van der Waals surface area contributed by atoms with Gasteiger partial charge in [-0.25, -0.2) is 4.98 Å². The van der Waals surface area contributed by atoms with E-state index in [4.69, 9.17) is 9.72 Å². The summed E-state index contributed by atoms with van der Waals surface area (Å²) in [7, 11) is 0. The highest BCUT2D eigenvalue weighted by Crippen LogP contribution is 2.53. The van der Waals surface area contributed by atoms with Crippen molar-refractivity contribution >= 4 is 44.6 Å². The zero-order valence-corrected chi connectivity index (χ0v) is 45.2. The predicted octanol–water partition coefficient (Wildman–Crippen LogP) is 18.8. The molecule has 2 aromatic heterocycles. The number of para-hydroxylation sites is 4. The molecule has 0 unspecified atom stereocenters. The van der Waals surface area contributed by atoms with Crippen LogP contribution >= 0.6 is 0 Å². The molecule has 5 nitrogen and oxygen atoms in total. The summed E-state index contributed by atoms with van der Waals surface area (Å²) in [6.07, 6.45) is 4.14. The van der Waals surface area contributed by atoms with Gasteiger partial charge in [0.15, 0.2) is 0 Å². The van der Waals surface area contributed by atoms with Crippen LogP contribution in [0.15, 0.2) is 164 Å². The summed E-state index contributed by atoms with van der Waals surface area (Å²) in [5.41, 5.74) is 14.1. The van der Waals surface area contributed by atoms with E-state index in [0.29, 0.717) is 29.6 Å². The second-order valence-electron chi connectivity index (χ2n) is 25.0. The Morgan fingerprint density at radius 1 is 0.534 bits per heavy atom. The first-order valence-electron chi connectivity index (χ1n) is 27.7. The van der Waals surface area contributed by atoms with Gasteiger partial charge in [0.25, 0.3) is 0 Å². The van der Waals surface area contributed by atoms with Crippen LogP contribution in [0.25, 0.3) is 49.9 Å². The van der Waals surface area contributed by atoms with E-state index >= 15 is 0 Å². The van der Waals surface area contributed by atoms with Crippen LogP contribution in [-0.4, -0.2) is 16.2 Å². The fourth-order valence-corrected chi connectivity index (χ4v) is 11.3. The molecule has 0 saturated heterocycles. The summed E-state index contributed by atoms with van der Waals surface area (Å²) in [5.74, 6) is 2.30. The van der Waals surface area contributed by atoms with Gasteiger partial charge in [0.2, 0.25) is 0 Å². The molecular formula is C68H72N4O. The Morgan fingerprint density at radius 2 is 1.19 bits per heavy atom. The van der Waals surface area contributed by atoms with Crippen molar-refractivity contribution in [1.29, 1.82) is 0 Å². The maximum atomic E-state index is 10.0. The lowest BCUT2D eigenvalue weighted by Gasteiger charge is -2.42. The van der Waals surface area contributed by atoms with Crippen molar-refractivity contribution in [3.63, 3.8) is 0 Å². The Balaban J connectivity index is 1.06. The third-order valence-electron chi connectivity index (χ3n) is 15.6. The lowest BCUT2D eigenvalue weighted by Crippen LogP contribution is -2.33. The summed E-state index contributed by atoms with van der Waals surface area (Å²) in [6.45, 7) is 29.2. The number of hydrogen-bond donors (Lipinski definition) is 0. The molecule has 7 aromatic carbocycles. The van der Waals surface area contributed by atoms with E-state index in [1.165, 1.54) is 16.7 Å². The third-order valence-corrected chi connectivity index (χ3v) is 15.6. The number of rotatable bonds is 7. The molecule has 0 radical (unpaired) electrons. The Morgan fingerprint density at radius 3 is 1.93 bits per heavy atom. The van der Waals surface area contributed by atoms with E-state index in [1.54, 1.807) is 0 Å². The second kappa shape index (κ2) is 17.3. The quantitative estimate of drug-likeness (QED) is 0.159. The summed E-state index contributed by atoms with van der Waals surface area (Å²) in [6, 6.07) is 50.2. The molecule has 0 bridgehead atoms. The van der Waals surface area contributed by atoms with Crippen molar-refractivity contribution in [2.75, 3.05) is 16.5 Å². The van der Waals surface area contributed by atoms with Gasteiger partial charge in [-0.05, 0) is 133 Å². The summed E-state index contributed by atoms with van der Waals surface area (Å²) in [5, 5.41) is 2.29. The minimum Gasteiger partial charge on any atom is -0.457 e. The summed E-state index contributed by atoms with van der Waals surface area (Å²) >= 11 is 0. The molecule has 0 atom stereocenters. The van der Waals surface area contributed by atoms with Gasteiger partial charge >= 0.3 is 0 Å². The first-order valence-corrected chi connectivity index (χ1v) is 26.2. The molecule has 370 valence electrons. The number of pyridine rings is 1. The molecule has 0 spiro atoms. The standard InChI is InChI=1S/C68H72N4O/c1-64(2,3)45-29-31-51(56(39-45)66(7,8)9)54-24-19-23-50(44-28-33-55-57(38-44)68(12,13)36-35-67(55,10)11)63(54)71-43-70(59-26-16-17-27-60(59)71)47-20-18-21-48(41-47)73-49-30-32-53-52-22-14-15-25-58(52)72(61(53)42-49)62-40-46(34-37-69-62)65(4,5)6/h14-34,37-42H,35-36,43H2,1-13H3/i29D,31D,39D. The van der Waals surface area contributed by atoms with Gasteiger partial charge in [0, 0.05) is 45.9 Å². The lowest BCUT2D eigenvalue weighted by atomic mass is 9.63. The molecule has 11 rings (SSSR count). The van der Waals surface area contributed by atoms with Crippen molar-refractivity contribution in [2.24, 2.45) is 0 Å². The minimum atomic E-state index is -0.519. The van der Waals surface area contributed by atoms with Crippen molar-refractivity contribution in [3.8, 4) is 39.6 Å². The van der Waals surface area contributed by atoms with Gasteiger partial charge in [-0.1, -0.05) is 181 Å². The first-order chi connectivity index (χ1) is 35.8. The van der Waals surface area contributed by atoms with Crippen LogP contribution in [0, 0.1) is 0 Å². The van der Waals surface area contributed by atoms with Crippen molar-refractivity contribution in [2.45, 2.75) is 130 Å². The van der Waals surface area contributed by atoms with Crippen molar-refractivity contribution < 1.29 is 8.85 Å². The molecule has 2 aliphatic rings. The molecule has 9 aromatic rings. The molecule has 1 aliphatic heterocycles. The SMILES string of the molecule is [2H]c1c([2H])c(C(C)(C)C)c([2H])c(C(C)(C)C)c1-c1cccc(-c2ccc3c(c2)C(C)(C)CCC3(C)C)c1N1CN(c2cccc(Oc3ccc4c5ccccc5n(-c5cc(C(C)(C)C)ccn5)c4c3)c2)c2ccccc21. The van der Waals surface area contributed by atoms with Gasteiger partial charge in [0.1, 0.15) is 24.0 Å². The summed E-state index contributed by atoms with van der Waals surface area (Å²) < 4.78 is 38.7. The van der Waals surface area contributed by atoms with Crippen LogP contribution < -0.4 is 14.5 Å². The number of anilines is 4. The van der Waals surface area contributed by atoms with Crippen LogP contribution in [-0.2, 0) is 27.1 Å². The highest BCUT2D eigenvalue weighted by atomic mass is 16.5. The Kier molecular flexibility index (Phi) is 10.5. The van der Waals surface area contributed by atoms with E-state index in [1.807, 2.05) is 12.3 Å². The minimum absolute atomic E-state index is 0.0149. The topological polar surface area (TPSA) is 33.5 Å². The lowest BCUT2D eigenvalue weighted by molar-refractivity contribution is 0.332. The van der Waals surface area contributed by atoms with Gasteiger partial charge in [-0.3, -0.25) is 4.57 Å². The average Bonchev–Trinajstić information content (AvgIpc) is 3.93. The van der Waals surface area contributed by atoms with Gasteiger partial charge in [-0.15, -0.1) is 0 Å². The van der Waals surface area contributed by atoms with Gasteiger partial charge in [-0.2, -0.15) is 0 Å². The van der Waals surface area contributed by atoms with Crippen molar-refractivity contribution in [1.82, 2.24) is 9.55 Å². The molecule has 5 heteroatoms. The zero-order chi connectivity index (χ0) is 54.0. The zero-order valence-electron chi connectivity index (χ0n) is 48.2. The van der Waals surface area contributed by atoms with Crippen molar-refractivity contribution in [3.05, 3.63) is 192 Å². The number of hydrogen-bond acceptors (Lipinski definition) is 4. The predicted molar refractivity (Wildman–Crippen MR) is 309 cm³/mol. The van der Waals surface area contributed by atoms with Crippen LogP contribution in [0.4, 0.5) is 22.7 Å². The highest BCUT2D eigenvalue weighted by molar-refractivity contribution is 6.09. The molecule has 3 heterocycles. The Hall–Kier alpha value is -7.11. The molecule has 0 fully saturated rings. The van der Waals surface area contributed by atoms with Gasteiger partial charge in [0.05, 0.1) is 32.2 Å². The fraction of sp³-hybridized carbons (Fsp3) is 0.309. The Labute approximate surface area is 438 Å². The first kappa shape index (κ1) is 44.6. The fourth-order valence-electron chi connectivity index (χ4n) is 11.3. The Bertz CT molecular complexity index is 3790. The van der Waals surface area contributed by atoms with E-state index in [0.717, 1.165) is 91.2 Å². The van der Waals surface area contributed by atoms with E-state index < -0.39 is 10.8 Å². The number of ether oxygens (including phenoxy) is 1. The van der Waals surface area contributed by atoms with Crippen LogP contribution in [0.3, 0.4) is 0 Å². The molecule has 1 aliphatic carbocycles. The maximum absolute atomic E-state index is 10.0. The number of aromatic nitrogens is 2. The van der Waals surface area contributed by atoms with E-state index in [9.17, 15) is 4.11 Å².